The molecule has 0 spiro atoms. The minimum Gasteiger partial charge on any atom is -0.489 e. The SMILES string of the molecule is CC(C)(c1ccc(-c2cnc(N3CC(NS(C)(=O)=O)C3)c(F)c2)cc1)c1cc(Cl)c(OCCCl)c(C#N)c1. The Hall–Kier alpha value is -2.90. The van der Waals surface area contributed by atoms with Gasteiger partial charge in [-0.2, -0.15) is 5.26 Å². The van der Waals surface area contributed by atoms with Crippen LogP contribution in [0.3, 0.4) is 0 Å². The van der Waals surface area contributed by atoms with Crippen molar-refractivity contribution in [1.82, 2.24) is 9.71 Å². The van der Waals surface area contributed by atoms with Gasteiger partial charge >= 0.3 is 0 Å². The van der Waals surface area contributed by atoms with Crippen LogP contribution in [0.5, 0.6) is 5.75 Å². The van der Waals surface area contributed by atoms with E-state index in [2.05, 4.69) is 15.8 Å². The third kappa shape index (κ3) is 6.05. The van der Waals surface area contributed by atoms with Gasteiger partial charge in [-0.15, -0.1) is 11.6 Å². The first-order valence-electron chi connectivity index (χ1n) is 11.8. The number of ether oxygens (including phenoxy) is 1. The van der Waals surface area contributed by atoms with Crippen molar-refractivity contribution in [2.75, 3.05) is 36.7 Å². The standard InChI is InChI=1S/C27H27Cl2FN4O3S/c1-27(2,21-10-18(13-31)25(23(29)12-21)37-9-8-28)20-6-4-17(5-7-20)19-11-24(30)26(32-14-19)34-15-22(16-34)33-38(3,35)36/h4-7,10-12,14,22,33H,8-9,15-16H2,1-3H3. The molecule has 1 aromatic heterocycles. The number of hydrogen-bond donors (Lipinski definition) is 1. The Morgan fingerprint density at radius 2 is 1.87 bits per heavy atom. The van der Waals surface area contributed by atoms with Gasteiger partial charge < -0.3 is 9.64 Å². The minimum atomic E-state index is -3.31. The van der Waals surface area contributed by atoms with Crippen molar-refractivity contribution in [3.63, 3.8) is 0 Å². The zero-order valence-corrected chi connectivity index (χ0v) is 23.5. The highest BCUT2D eigenvalue weighted by Crippen LogP contribution is 2.39. The molecule has 0 aliphatic carbocycles. The lowest BCUT2D eigenvalue weighted by Crippen LogP contribution is -2.59. The molecule has 0 atom stereocenters. The number of nitrogens with zero attached hydrogens (tertiary/aromatic N) is 3. The molecule has 0 unspecified atom stereocenters. The average molecular weight is 578 g/mol. The molecule has 0 saturated carbocycles. The van der Waals surface area contributed by atoms with Gasteiger partial charge in [0.1, 0.15) is 12.7 Å². The summed E-state index contributed by atoms with van der Waals surface area (Å²) in [5.74, 6) is 0.328. The highest BCUT2D eigenvalue weighted by molar-refractivity contribution is 7.88. The lowest BCUT2D eigenvalue weighted by atomic mass is 9.77. The van der Waals surface area contributed by atoms with Crippen LogP contribution in [0, 0.1) is 17.1 Å². The summed E-state index contributed by atoms with van der Waals surface area (Å²) < 4.78 is 45.7. The number of hydrogen-bond acceptors (Lipinski definition) is 6. The number of nitrogens with one attached hydrogen (secondary N) is 1. The van der Waals surface area contributed by atoms with E-state index in [-0.39, 0.29) is 24.3 Å². The summed E-state index contributed by atoms with van der Waals surface area (Å²) >= 11 is 12.2. The van der Waals surface area contributed by atoms with Gasteiger partial charge in [0.25, 0.3) is 0 Å². The Balaban J connectivity index is 1.52. The van der Waals surface area contributed by atoms with Gasteiger partial charge in [0.05, 0.1) is 28.8 Å². The molecule has 2 heterocycles. The number of nitriles is 1. The smallest absolute Gasteiger partial charge is 0.209 e. The molecule has 1 aliphatic heterocycles. The number of benzene rings is 2. The Labute approximate surface area is 232 Å². The third-order valence-electron chi connectivity index (χ3n) is 6.53. The molecule has 1 fully saturated rings. The molecular weight excluding hydrogens is 550 g/mol. The van der Waals surface area contributed by atoms with Gasteiger partial charge in [-0.1, -0.05) is 49.7 Å². The van der Waals surface area contributed by atoms with Crippen molar-refractivity contribution in [2.45, 2.75) is 25.3 Å². The molecule has 1 N–H and O–H groups in total. The highest BCUT2D eigenvalue weighted by atomic mass is 35.5. The Morgan fingerprint density at radius 3 is 2.45 bits per heavy atom. The molecular formula is C27H27Cl2FN4O3S. The second kappa shape index (κ2) is 11.1. The number of aromatic nitrogens is 1. The van der Waals surface area contributed by atoms with Crippen molar-refractivity contribution < 1.29 is 17.5 Å². The fourth-order valence-corrected chi connectivity index (χ4v) is 5.53. The molecule has 1 saturated heterocycles. The van der Waals surface area contributed by atoms with Gasteiger partial charge in [-0.05, 0) is 34.9 Å². The van der Waals surface area contributed by atoms with E-state index in [1.807, 2.05) is 38.1 Å². The largest absolute Gasteiger partial charge is 0.489 e. The summed E-state index contributed by atoms with van der Waals surface area (Å²) in [4.78, 5) is 5.99. The third-order valence-corrected chi connectivity index (χ3v) is 7.73. The second-order valence-electron chi connectivity index (χ2n) is 9.71. The van der Waals surface area contributed by atoms with Gasteiger partial charge in [0.15, 0.2) is 17.4 Å². The monoisotopic (exact) mass is 576 g/mol. The summed E-state index contributed by atoms with van der Waals surface area (Å²) in [5, 5.41) is 9.97. The molecule has 4 rings (SSSR count). The summed E-state index contributed by atoms with van der Waals surface area (Å²) in [7, 11) is -3.31. The predicted octanol–water partition coefficient (Wildman–Crippen LogP) is 5.09. The van der Waals surface area contributed by atoms with Crippen LogP contribution >= 0.6 is 23.2 Å². The quantitative estimate of drug-likeness (QED) is 0.356. The maximum Gasteiger partial charge on any atom is 0.209 e. The maximum absolute atomic E-state index is 14.9. The van der Waals surface area contributed by atoms with Crippen LogP contribution < -0.4 is 14.4 Å². The lowest BCUT2D eigenvalue weighted by Gasteiger charge is -2.40. The van der Waals surface area contributed by atoms with E-state index in [4.69, 9.17) is 27.9 Å². The van der Waals surface area contributed by atoms with Gasteiger partial charge in [0.2, 0.25) is 10.0 Å². The van der Waals surface area contributed by atoms with Gasteiger partial charge in [-0.3, -0.25) is 0 Å². The topological polar surface area (TPSA) is 95.3 Å². The van der Waals surface area contributed by atoms with E-state index in [1.165, 1.54) is 6.07 Å². The molecule has 200 valence electrons. The Kier molecular flexibility index (Phi) is 8.19. The first-order valence-corrected chi connectivity index (χ1v) is 14.6. The van der Waals surface area contributed by atoms with Crippen LogP contribution in [-0.4, -0.2) is 51.3 Å². The van der Waals surface area contributed by atoms with Crippen molar-refractivity contribution >= 4 is 39.0 Å². The zero-order valence-electron chi connectivity index (χ0n) is 21.1. The molecule has 0 amide bonds. The van der Waals surface area contributed by atoms with Crippen LogP contribution in [0.2, 0.25) is 5.02 Å². The van der Waals surface area contributed by atoms with Crippen LogP contribution in [0.4, 0.5) is 10.2 Å². The summed E-state index contributed by atoms with van der Waals surface area (Å²) in [6, 6.07) is 14.6. The zero-order chi connectivity index (χ0) is 27.7. The van der Waals surface area contributed by atoms with E-state index in [1.54, 1.807) is 23.2 Å². The Morgan fingerprint density at radius 1 is 1.18 bits per heavy atom. The van der Waals surface area contributed by atoms with E-state index in [0.717, 1.165) is 22.9 Å². The van der Waals surface area contributed by atoms with Gasteiger partial charge in [0, 0.05) is 30.3 Å². The highest BCUT2D eigenvalue weighted by Gasteiger charge is 2.31. The summed E-state index contributed by atoms with van der Waals surface area (Å²) in [6.07, 6.45) is 2.71. The number of anilines is 1. The minimum absolute atomic E-state index is 0.196. The molecule has 38 heavy (non-hydrogen) atoms. The van der Waals surface area contributed by atoms with Crippen molar-refractivity contribution in [2.24, 2.45) is 0 Å². The Bertz CT molecular complexity index is 1490. The maximum atomic E-state index is 14.9. The predicted molar refractivity (Wildman–Crippen MR) is 148 cm³/mol. The number of sulfonamides is 1. The summed E-state index contributed by atoms with van der Waals surface area (Å²) in [5.41, 5.74) is 3.09. The van der Waals surface area contributed by atoms with Crippen molar-refractivity contribution in [1.29, 1.82) is 5.26 Å². The average Bonchev–Trinajstić information content (AvgIpc) is 2.84. The van der Waals surface area contributed by atoms with Crippen LogP contribution in [0.1, 0.15) is 30.5 Å². The summed E-state index contributed by atoms with van der Waals surface area (Å²) in [6.45, 7) is 5.02. The van der Waals surface area contributed by atoms with E-state index >= 15 is 0 Å². The number of alkyl halides is 1. The molecule has 1 aliphatic rings. The molecule has 0 radical (unpaired) electrons. The van der Waals surface area contributed by atoms with Crippen LogP contribution in [-0.2, 0) is 15.4 Å². The van der Waals surface area contributed by atoms with E-state index < -0.39 is 21.3 Å². The van der Waals surface area contributed by atoms with Crippen LogP contribution in [0.25, 0.3) is 11.1 Å². The fraction of sp³-hybridized carbons (Fsp3) is 0.333. The number of rotatable bonds is 9. The lowest BCUT2D eigenvalue weighted by molar-refractivity contribution is 0.341. The first kappa shape index (κ1) is 28.1. The van der Waals surface area contributed by atoms with Crippen molar-refractivity contribution in [3.05, 3.63) is 76.2 Å². The number of pyridine rings is 1. The fourth-order valence-electron chi connectivity index (χ4n) is 4.42. The second-order valence-corrected chi connectivity index (χ2v) is 12.3. The van der Waals surface area contributed by atoms with Gasteiger partial charge in [-0.25, -0.2) is 22.5 Å². The molecule has 0 bridgehead atoms. The first-order chi connectivity index (χ1) is 17.9. The van der Waals surface area contributed by atoms with E-state index in [9.17, 15) is 18.1 Å². The molecule has 7 nitrogen and oxygen atoms in total. The van der Waals surface area contributed by atoms with Crippen molar-refractivity contribution in [3.8, 4) is 22.9 Å². The van der Waals surface area contributed by atoms with E-state index in [0.29, 0.717) is 35.0 Å². The molecule has 11 heteroatoms. The normalized spacial score (nSPS) is 14.2. The molecule has 2 aromatic carbocycles. The molecule has 3 aromatic rings. The number of halogens is 3. The van der Waals surface area contributed by atoms with Crippen LogP contribution in [0.15, 0.2) is 48.7 Å².